The molecule has 3 N–H and O–H groups in total. The summed E-state index contributed by atoms with van der Waals surface area (Å²) in [5.74, 6) is -2.04. The van der Waals surface area contributed by atoms with Crippen molar-refractivity contribution in [1.29, 1.82) is 0 Å². The smallest absolute Gasteiger partial charge is 0.335 e. The topological polar surface area (TPSA) is 105 Å². The van der Waals surface area contributed by atoms with Gasteiger partial charge in [0.05, 0.1) is 23.3 Å². The lowest BCUT2D eigenvalue weighted by atomic mass is 9.89. The molecule has 3 rings (SSSR count). The van der Waals surface area contributed by atoms with Crippen molar-refractivity contribution in [1.82, 2.24) is 0 Å². The quantitative estimate of drug-likeness (QED) is 0.751. The van der Waals surface area contributed by atoms with Crippen molar-refractivity contribution in [2.75, 3.05) is 10.6 Å². The molecule has 1 aliphatic rings. The number of aromatic carboxylic acids is 1. The minimum atomic E-state index is -1.11. The number of hydrogen-bond donors (Lipinski definition) is 3. The van der Waals surface area contributed by atoms with Crippen molar-refractivity contribution in [3.05, 3.63) is 53.6 Å². The van der Waals surface area contributed by atoms with E-state index in [1.807, 2.05) is 13.8 Å². The molecule has 0 saturated carbocycles. The third-order valence-electron chi connectivity index (χ3n) is 4.16. The highest BCUT2D eigenvalue weighted by Gasteiger charge is 2.31. The normalized spacial score (nSPS) is 15.7. The van der Waals surface area contributed by atoms with Crippen LogP contribution in [0.25, 0.3) is 0 Å². The molecule has 1 atom stereocenters. The van der Waals surface area contributed by atoms with Gasteiger partial charge in [-0.2, -0.15) is 0 Å². The predicted octanol–water partition coefficient (Wildman–Crippen LogP) is 3.24. The Morgan fingerprint density at radius 2 is 1.96 bits per heavy atom. The zero-order valence-corrected chi connectivity index (χ0v) is 15.0. The third-order valence-corrected chi connectivity index (χ3v) is 4.16. The molecular formula is C20H20N2O5. The summed E-state index contributed by atoms with van der Waals surface area (Å²) in [5.41, 5.74) is 1.61. The van der Waals surface area contributed by atoms with E-state index in [0.29, 0.717) is 11.4 Å². The van der Waals surface area contributed by atoms with Crippen LogP contribution in [0.5, 0.6) is 5.75 Å². The fourth-order valence-corrected chi connectivity index (χ4v) is 2.98. The summed E-state index contributed by atoms with van der Waals surface area (Å²) in [6.07, 6.45) is -0.139. The lowest BCUT2D eigenvalue weighted by Gasteiger charge is -2.25. The van der Waals surface area contributed by atoms with Crippen LogP contribution >= 0.6 is 0 Å². The zero-order valence-electron chi connectivity index (χ0n) is 15.0. The van der Waals surface area contributed by atoms with Gasteiger partial charge < -0.3 is 20.5 Å². The third kappa shape index (κ3) is 4.08. The molecule has 0 aromatic heterocycles. The van der Waals surface area contributed by atoms with E-state index >= 15 is 0 Å². The molecule has 0 fully saturated rings. The molecule has 2 amide bonds. The highest BCUT2D eigenvalue weighted by Crippen LogP contribution is 2.34. The van der Waals surface area contributed by atoms with Crippen LogP contribution in [-0.4, -0.2) is 29.0 Å². The second-order valence-corrected chi connectivity index (χ2v) is 6.56. The Bertz CT molecular complexity index is 907. The summed E-state index contributed by atoms with van der Waals surface area (Å²) >= 11 is 0. The SMILES string of the molecule is CC(C)Oc1ccc(C(=O)O)cc1NC(=O)C1CC(=O)Nc2ccccc21. The van der Waals surface area contributed by atoms with Crippen LogP contribution < -0.4 is 15.4 Å². The number of benzene rings is 2. The summed E-state index contributed by atoms with van der Waals surface area (Å²) in [6, 6.07) is 11.4. The molecule has 1 aliphatic heterocycles. The number of nitrogens with one attached hydrogen (secondary N) is 2. The highest BCUT2D eigenvalue weighted by atomic mass is 16.5. The molecule has 0 radical (unpaired) electrons. The Hall–Kier alpha value is -3.35. The lowest BCUT2D eigenvalue weighted by Crippen LogP contribution is -2.31. The Kier molecular flexibility index (Phi) is 5.12. The minimum absolute atomic E-state index is 0.0157. The van der Waals surface area contributed by atoms with E-state index in [9.17, 15) is 19.5 Å². The number of carboxylic acids is 1. The van der Waals surface area contributed by atoms with E-state index in [1.165, 1.54) is 18.2 Å². The van der Waals surface area contributed by atoms with E-state index in [1.54, 1.807) is 24.3 Å². The average Bonchev–Trinajstić information content (AvgIpc) is 2.61. The Balaban J connectivity index is 1.92. The molecule has 0 aliphatic carbocycles. The van der Waals surface area contributed by atoms with E-state index in [-0.39, 0.29) is 29.7 Å². The highest BCUT2D eigenvalue weighted by molar-refractivity contribution is 6.06. The number of ether oxygens (including phenoxy) is 1. The van der Waals surface area contributed by atoms with Crippen molar-refractivity contribution < 1.29 is 24.2 Å². The first-order chi connectivity index (χ1) is 12.8. The number of hydrogen-bond acceptors (Lipinski definition) is 4. The monoisotopic (exact) mass is 368 g/mol. The first kappa shape index (κ1) is 18.4. The van der Waals surface area contributed by atoms with Crippen LogP contribution in [0.1, 0.15) is 42.1 Å². The minimum Gasteiger partial charge on any atom is -0.489 e. The van der Waals surface area contributed by atoms with Gasteiger partial charge in [0.2, 0.25) is 11.8 Å². The van der Waals surface area contributed by atoms with Crippen LogP contribution in [0.15, 0.2) is 42.5 Å². The number of anilines is 2. The molecule has 7 heteroatoms. The second-order valence-electron chi connectivity index (χ2n) is 6.56. The summed E-state index contributed by atoms with van der Waals surface area (Å²) in [7, 11) is 0. The van der Waals surface area contributed by atoms with Crippen LogP contribution in [0.4, 0.5) is 11.4 Å². The fourth-order valence-electron chi connectivity index (χ4n) is 2.98. The Labute approximate surface area is 156 Å². The van der Waals surface area contributed by atoms with Gasteiger partial charge in [0, 0.05) is 12.1 Å². The zero-order chi connectivity index (χ0) is 19.6. The molecule has 2 aromatic rings. The first-order valence-electron chi connectivity index (χ1n) is 8.59. The number of carbonyl (C=O) groups excluding carboxylic acids is 2. The van der Waals surface area contributed by atoms with Crippen LogP contribution in [0, 0.1) is 0 Å². The molecule has 0 saturated heterocycles. The lowest BCUT2D eigenvalue weighted by molar-refractivity contribution is -0.123. The van der Waals surface area contributed by atoms with Crippen LogP contribution in [0.2, 0.25) is 0 Å². The maximum absolute atomic E-state index is 12.9. The molecule has 0 bridgehead atoms. The summed E-state index contributed by atoms with van der Waals surface area (Å²) in [4.78, 5) is 36.1. The van der Waals surface area contributed by atoms with E-state index < -0.39 is 17.8 Å². The molecular weight excluding hydrogens is 348 g/mol. The van der Waals surface area contributed by atoms with Gasteiger partial charge in [-0.1, -0.05) is 18.2 Å². The summed E-state index contributed by atoms with van der Waals surface area (Å²) in [6.45, 7) is 3.66. The van der Waals surface area contributed by atoms with Gasteiger partial charge >= 0.3 is 5.97 Å². The van der Waals surface area contributed by atoms with Gasteiger partial charge in [-0.3, -0.25) is 9.59 Å². The standard InChI is InChI=1S/C20H20N2O5/c1-11(2)27-17-8-7-12(20(25)26)9-16(17)22-19(24)14-10-18(23)21-15-6-4-3-5-13(14)15/h3-9,11,14H,10H2,1-2H3,(H,21,23)(H,22,24)(H,25,26). The van der Waals surface area contributed by atoms with E-state index in [4.69, 9.17) is 4.74 Å². The number of carbonyl (C=O) groups is 3. The maximum Gasteiger partial charge on any atom is 0.335 e. The van der Waals surface area contributed by atoms with E-state index in [0.717, 1.165) is 5.56 Å². The number of rotatable bonds is 5. The maximum atomic E-state index is 12.9. The van der Waals surface area contributed by atoms with Gasteiger partial charge in [-0.25, -0.2) is 4.79 Å². The van der Waals surface area contributed by atoms with E-state index in [2.05, 4.69) is 10.6 Å². The summed E-state index contributed by atoms with van der Waals surface area (Å²) < 4.78 is 5.67. The number of carboxylic acid groups (broad SMARTS) is 1. The molecule has 1 unspecified atom stereocenters. The molecule has 140 valence electrons. The predicted molar refractivity (Wildman–Crippen MR) is 100 cm³/mol. The van der Waals surface area contributed by atoms with Crippen molar-refractivity contribution in [2.24, 2.45) is 0 Å². The van der Waals surface area contributed by atoms with Gasteiger partial charge in [0.1, 0.15) is 5.75 Å². The van der Waals surface area contributed by atoms with Crippen molar-refractivity contribution >= 4 is 29.2 Å². The fraction of sp³-hybridized carbons (Fsp3) is 0.250. The first-order valence-corrected chi connectivity index (χ1v) is 8.59. The van der Waals surface area contributed by atoms with Crippen molar-refractivity contribution in [3.63, 3.8) is 0 Å². The number of para-hydroxylation sites is 1. The number of amides is 2. The molecule has 27 heavy (non-hydrogen) atoms. The van der Waals surface area contributed by atoms with Gasteiger partial charge in [0.25, 0.3) is 0 Å². The van der Waals surface area contributed by atoms with Gasteiger partial charge in [0.15, 0.2) is 0 Å². The van der Waals surface area contributed by atoms with Gasteiger partial charge in [-0.15, -0.1) is 0 Å². The summed E-state index contributed by atoms with van der Waals surface area (Å²) in [5, 5.41) is 14.7. The van der Waals surface area contributed by atoms with Crippen LogP contribution in [-0.2, 0) is 9.59 Å². The largest absolute Gasteiger partial charge is 0.489 e. The molecule has 1 heterocycles. The van der Waals surface area contributed by atoms with Gasteiger partial charge in [-0.05, 0) is 43.7 Å². The number of fused-ring (bicyclic) bond motifs is 1. The second kappa shape index (κ2) is 7.49. The molecule has 2 aromatic carbocycles. The van der Waals surface area contributed by atoms with Crippen LogP contribution in [0.3, 0.4) is 0 Å². The van der Waals surface area contributed by atoms with Crippen molar-refractivity contribution in [3.8, 4) is 5.75 Å². The average molecular weight is 368 g/mol. The Morgan fingerprint density at radius 3 is 2.67 bits per heavy atom. The molecule has 0 spiro atoms. The Morgan fingerprint density at radius 1 is 1.22 bits per heavy atom. The molecule has 7 nitrogen and oxygen atoms in total. The van der Waals surface area contributed by atoms with Crippen molar-refractivity contribution in [2.45, 2.75) is 32.3 Å².